The Kier molecular flexibility index (Phi) is 6.26. The molecular formula is C21H23N3O4. The number of hydrogen-bond donors (Lipinski definition) is 2. The molecule has 0 unspecified atom stereocenters. The second-order valence-electron chi connectivity index (χ2n) is 6.28. The number of aromatic nitrogens is 2. The SMILES string of the molecule is CCCOc1c(OC)ccc2cc(C(=O)NCCc3ccncc3)c(=O)[nH]c12. The van der Waals surface area contributed by atoms with Gasteiger partial charge in [0.15, 0.2) is 11.5 Å². The van der Waals surface area contributed by atoms with Crippen LogP contribution in [0.4, 0.5) is 0 Å². The number of carbonyl (C=O) groups excluding carboxylic acids is 1. The van der Waals surface area contributed by atoms with Crippen molar-refractivity contribution < 1.29 is 14.3 Å². The molecule has 3 aromatic rings. The highest BCUT2D eigenvalue weighted by Crippen LogP contribution is 2.34. The van der Waals surface area contributed by atoms with E-state index in [-0.39, 0.29) is 5.56 Å². The Labute approximate surface area is 162 Å². The van der Waals surface area contributed by atoms with Crippen molar-refractivity contribution in [3.8, 4) is 11.5 Å². The number of hydrogen-bond acceptors (Lipinski definition) is 5. The minimum absolute atomic E-state index is 0.0637. The molecule has 0 atom stereocenters. The van der Waals surface area contributed by atoms with Gasteiger partial charge in [-0.25, -0.2) is 0 Å². The zero-order chi connectivity index (χ0) is 19.9. The normalized spacial score (nSPS) is 10.6. The lowest BCUT2D eigenvalue weighted by atomic mass is 10.1. The zero-order valence-electron chi connectivity index (χ0n) is 16.0. The fraction of sp³-hybridized carbons (Fsp3) is 0.286. The molecule has 3 rings (SSSR count). The highest BCUT2D eigenvalue weighted by atomic mass is 16.5. The zero-order valence-corrected chi connectivity index (χ0v) is 16.0. The van der Waals surface area contributed by atoms with E-state index in [4.69, 9.17) is 9.47 Å². The molecule has 0 bridgehead atoms. The molecule has 146 valence electrons. The molecule has 0 aliphatic carbocycles. The quantitative estimate of drug-likeness (QED) is 0.626. The van der Waals surface area contributed by atoms with Gasteiger partial charge < -0.3 is 19.8 Å². The summed E-state index contributed by atoms with van der Waals surface area (Å²) < 4.78 is 11.1. The molecule has 28 heavy (non-hydrogen) atoms. The first-order chi connectivity index (χ1) is 13.6. The predicted molar refractivity (Wildman–Crippen MR) is 107 cm³/mol. The number of H-pyrrole nitrogens is 1. The van der Waals surface area contributed by atoms with E-state index in [1.165, 1.54) is 0 Å². The van der Waals surface area contributed by atoms with Crippen LogP contribution in [0.1, 0.15) is 29.3 Å². The summed E-state index contributed by atoms with van der Waals surface area (Å²) in [6.45, 7) is 2.91. The summed E-state index contributed by atoms with van der Waals surface area (Å²) in [5.74, 6) is 0.596. The van der Waals surface area contributed by atoms with Crippen LogP contribution in [0.3, 0.4) is 0 Å². The van der Waals surface area contributed by atoms with E-state index in [1.54, 1.807) is 37.7 Å². The summed E-state index contributed by atoms with van der Waals surface area (Å²) in [7, 11) is 1.54. The van der Waals surface area contributed by atoms with Gasteiger partial charge in [-0.2, -0.15) is 0 Å². The van der Waals surface area contributed by atoms with Crippen molar-refractivity contribution in [2.75, 3.05) is 20.3 Å². The Balaban J connectivity index is 1.83. The predicted octanol–water partition coefficient (Wildman–Crippen LogP) is 2.69. The maximum absolute atomic E-state index is 12.5. The molecule has 1 amide bonds. The fourth-order valence-electron chi connectivity index (χ4n) is 2.87. The topological polar surface area (TPSA) is 93.3 Å². The Morgan fingerprint density at radius 2 is 2.00 bits per heavy atom. The molecular weight excluding hydrogens is 358 g/mol. The van der Waals surface area contributed by atoms with E-state index in [1.807, 2.05) is 19.1 Å². The Hall–Kier alpha value is -3.35. The van der Waals surface area contributed by atoms with Gasteiger partial charge in [0.2, 0.25) is 0 Å². The monoisotopic (exact) mass is 381 g/mol. The molecule has 0 fully saturated rings. The third-order valence-electron chi connectivity index (χ3n) is 4.30. The number of ether oxygens (including phenoxy) is 2. The first-order valence-electron chi connectivity index (χ1n) is 9.18. The van der Waals surface area contributed by atoms with Crippen molar-refractivity contribution in [3.05, 3.63) is 64.2 Å². The second-order valence-corrected chi connectivity index (χ2v) is 6.28. The molecule has 0 saturated heterocycles. The summed E-state index contributed by atoms with van der Waals surface area (Å²) >= 11 is 0. The molecule has 7 heteroatoms. The van der Waals surface area contributed by atoms with Gasteiger partial charge in [-0.1, -0.05) is 6.92 Å². The van der Waals surface area contributed by atoms with E-state index in [0.717, 1.165) is 12.0 Å². The molecule has 1 aromatic carbocycles. The van der Waals surface area contributed by atoms with Crippen LogP contribution in [0, 0.1) is 0 Å². The maximum Gasteiger partial charge on any atom is 0.261 e. The van der Waals surface area contributed by atoms with Crippen LogP contribution in [0.5, 0.6) is 11.5 Å². The molecule has 0 radical (unpaired) electrons. The third-order valence-corrected chi connectivity index (χ3v) is 4.30. The van der Waals surface area contributed by atoms with Crippen molar-refractivity contribution in [2.24, 2.45) is 0 Å². The van der Waals surface area contributed by atoms with Gasteiger partial charge >= 0.3 is 0 Å². The summed E-state index contributed by atoms with van der Waals surface area (Å²) in [6.07, 6.45) is 4.89. The molecule has 2 aromatic heterocycles. The van der Waals surface area contributed by atoms with Gasteiger partial charge in [-0.15, -0.1) is 0 Å². The Morgan fingerprint density at radius 1 is 1.21 bits per heavy atom. The number of nitrogens with one attached hydrogen (secondary N) is 2. The average molecular weight is 381 g/mol. The van der Waals surface area contributed by atoms with Crippen LogP contribution >= 0.6 is 0 Å². The van der Waals surface area contributed by atoms with Gasteiger partial charge in [0.1, 0.15) is 5.56 Å². The smallest absolute Gasteiger partial charge is 0.261 e. The Bertz CT molecular complexity index is 1020. The fourth-order valence-corrected chi connectivity index (χ4v) is 2.87. The van der Waals surface area contributed by atoms with Crippen molar-refractivity contribution in [1.29, 1.82) is 0 Å². The average Bonchev–Trinajstić information content (AvgIpc) is 2.72. The first-order valence-corrected chi connectivity index (χ1v) is 9.18. The van der Waals surface area contributed by atoms with Gasteiger partial charge in [0.05, 0.1) is 19.2 Å². The van der Waals surface area contributed by atoms with Crippen molar-refractivity contribution in [2.45, 2.75) is 19.8 Å². The highest BCUT2D eigenvalue weighted by Gasteiger charge is 2.16. The van der Waals surface area contributed by atoms with Gasteiger partial charge in [0, 0.05) is 24.3 Å². The van der Waals surface area contributed by atoms with Crippen molar-refractivity contribution >= 4 is 16.8 Å². The lowest BCUT2D eigenvalue weighted by Crippen LogP contribution is -2.31. The van der Waals surface area contributed by atoms with E-state index in [2.05, 4.69) is 15.3 Å². The Morgan fingerprint density at radius 3 is 2.71 bits per heavy atom. The lowest BCUT2D eigenvalue weighted by molar-refractivity contribution is 0.0953. The van der Waals surface area contributed by atoms with Crippen molar-refractivity contribution in [3.63, 3.8) is 0 Å². The van der Waals surface area contributed by atoms with E-state index in [0.29, 0.717) is 42.0 Å². The summed E-state index contributed by atoms with van der Waals surface area (Å²) in [6, 6.07) is 8.90. The number of aromatic amines is 1. The van der Waals surface area contributed by atoms with Crippen LogP contribution in [0.2, 0.25) is 0 Å². The maximum atomic E-state index is 12.5. The van der Waals surface area contributed by atoms with Crippen molar-refractivity contribution in [1.82, 2.24) is 15.3 Å². The van der Waals surface area contributed by atoms with Crippen LogP contribution < -0.4 is 20.3 Å². The van der Waals surface area contributed by atoms with Crippen LogP contribution in [-0.2, 0) is 6.42 Å². The number of pyridine rings is 2. The van der Waals surface area contributed by atoms with Gasteiger partial charge in [-0.05, 0) is 48.7 Å². The standard InChI is InChI=1S/C21H23N3O4/c1-3-12-28-19-17(27-2)5-4-15-13-16(21(26)24-18(15)19)20(25)23-11-8-14-6-9-22-10-7-14/h4-7,9-10,13H,3,8,11-12H2,1-2H3,(H,23,25)(H,24,26). The minimum atomic E-state index is -0.469. The van der Waals surface area contributed by atoms with E-state index >= 15 is 0 Å². The number of nitrogens with zero attached hydrogens (tertiary/aromatic N) is 1. The van der Waals surface area contributed by atoms with Crippen LogP contribution in [-0.4, -0.2) is 36.1 Å². The molecule has 7 nitrogen and oxygen atoms in total. The third kappa shape index (κ3) is 4.31. The molecule has 0 aliphatic rings. The lowest BCUT2D eigenvalue weighted by Gasteiger charge is -2.13. The number of carbonyl (C=O) groups is 1. The minimum Gasteiger partial charge on any atom is -0.493 e. The van der Waals surface area contributed by atoms with E-state index < -0.39 is 11.5 Å². The van der Waals surface area contributed by atoms with Crippen LogP contribution in [0.15, 0.2) is 47.5 Å². The molecule has 2 N–H and O–H groups in total. The first kappa shape index (κ1) is 19.4. The number of amides is 1. The number of rotatable bonds is 8. The molecule has 2 heterocycles. The van der Waals surface area contributed by atoms with Crippen LogP contribution in [0.25, 0.3) is 10.9 Å². The summed E-state index contributed by atoms with van der Waals surface area (Å²) in [5.41, 5.74) is 1.18. The number of fused-ring (bicyclic) bond motifs is 1. The second kappa shape index (κ2) is 9.03. The summed E-state index contributed by atoms with van der Waals surface area (Å²) in [5, 5.41) is 3.49. The number of methoxy groups -OCH3 is 1. The van der Waals surface area contributed by atoms with E-state index in [9.17, 15) is 9.59 Å². The van der Waals surface area contributed by atoms with Gasteiger partial charge in [0.25, 0.3) is 11.5 Å². The largest absolute Gasteiger partial charge is 0.493 e. The summed E-state index contributed by atoms with van der Waals surface area (Å²) in [4.78, 5) is 31.7. The molecule has 0 aliphatic heterocycles. The highest BCUT2D eigenvalue weighted by molar-refractivity contribution is 5.98. The number of benzene rings is 1. The molecule has 0 spiro atoms. The molecule has 0 saturated carbocycles. The van der Waals surface area contributed by atoms with Gasteiger partial charge in [-0.3, -0.25) is 14.6 Å².